The van der Waals surface area contributed by atoms with Crippen LogP contribution in [0, 0.1) is 0 Å². The Morgan fingerprint density at radius 1 is 1.27 bits per heavy atom. The topological polar surface area (TPSA) is 46.8 Å². The summed E-state index contributed by atoms with van der Waals surface area (Å²) in [5, 5.41) is 4.43. The van der Waals surface area contributed by atoms with Crippen LogP contribution in [-0.4, -0.2) is 31.2 Å². The molecule has 0 N–H and O–H groups in total. The summed E-state index contributed by atoms with van der Waals surface area (Å²) in [6.07, 6.45) is 9.78. The van der Waals surface area contributed by atoms with E-state index in [4.69, 9.17) is 4.98 Å². The summed E-state index contributed by atoms with van der Waals surface area (Å²) in [6, 6.07) is 0.421. The van der Waals surface area contributed by atoms with Crippen LogP contribution in [0.1, 0.15) is 61.3 Å². The summed E-state index contributed by atoms with van der Waals surface area (Å²) in [6.45, 7) is 7.29. The normalized spacial score (nSPS) is 18.7. The van der Waals surface area contributed by atoms with Crippen molar-refractivity contribution in [2.24, 2.45) is 0 Å². The van der Waals surface area contributed by atoms with Gasteiger partial charge in [0.2, 0.25) is 0 Å². The number of rotatable bonds is 4. The lowest BCUT2D eigenvalue weighted by Gasteiger charge is -2.27. The lowest BCUT2D eigenvalue weighted by atomic mass is 10.1. The number of hydrogen-bond donors (Lipinski definition) is 0. The van der Waals surface area contributed by atoms with E-state index in [9.17, 15) is 0 Å². The lowest BCUT2D eigenvalue weighted by molar-refractivity contribution is 0.242. The Hall–Kier alpha value is -1.75. The third-order valence-electron chi connectivity index (χ3n) is 4.56. The van der Waals surface area contributed by atoms with Gasteiger partial charge in [0.1, 0.15) is 5.82 Å². The Labute approximate surface area is 131 Å². The minimum atomic E-state index is 0.421. The fourth-order valence-corrected chi connectivity index (χ4v) is 3.06. The Bertz CT molecular complexity index is 671. The van der Waals surface area contributed by atoms with Crippen molar-refractivity contribution < 1.29 is 0 Å². The Morgan fingerprint density at radius 3 is 2.86 bits per heavy atom. The summed E-state index contributed by atoms with van der Waals surface area (Å²) in [7, 11) is 0. The number of fused-ring (bicyclic) bond motifs is 1. The summed E-state index contributed by atoms with van der Waals surface area (Å²) < 4.78 is 2.03. The van der Waals surface area contributed by atoms with E-state index in [-0.39, 0.29) is 0 Å². The Kier molecular flexibility index (Phi) is 3.45. The molecule has 0 amide bonds. The second-order valence-corrected chi connectivity index (χ2v) is 6.86. The molecule has 0 bridgehead atoms. The molecule has 0 unspecified atom stereocenters. The van der Waals surface area contributed by atoms with E-state index >= 15 is 0 Å². The van der Waals surface area contributed by atoms with Gasteiger partial charge in [-0.05, 0) is 26.7 Å². The van der Waals surface area contributed by atoms with Crippen molar-refractivity contribution in [1.29, 1.82) is 0 Å². The van der Waals surface area contributed by atoms with Gasteiger partial charge in [-0.1, -0.05) is 0 Å². The van der Waals surface area contributed by atoms with Crippen molar-refractivity contribution in [2.75, 3.05) is 6.54 Å². The SMILES string of the molecule is CC(C)n1cc(CN2CCc3nc(C4CC4)ncc3C2)cn1. The molecule has 1 aliphatic carbocycles. The van der Waals surface area contributed by atoms with Crippen LogP contribution >= 0.6 is 0 Å². The van der Waals surface area contributed by atoms with Gasteiger partial charge in [-0.25, -0.2) is 9.97 Å². The molecule has 5 nitrogen and oxygen atoms in total. The van der Waals surface area contributed by atoms with E-state index in [0.29, 0.717) is 12.0 Å². The van der Waals surface area contributed by atoms with Gasteiger partial charge in [0, 0.05) is 67.2 Å². The highest BCUT2D eigenvalue weighted by molar-refractivity contribution is 5.23. The smallest absolute Gasteiger partial charge is 0.131 e. The van der Waals surface area contributed by atoms with Crippen molar-refractivity contribution in [3.05, 3.63) is 41.2 Å². The van der Waals surface area contributed by atoms with Crippen molar-refractivity contribution in [3.8, 4) is 0 Å². The first-order valence-corrected chi connectivity index (χ1v) is 8.29. The van der Waals surface area contributed by atoms with Crippen molar-refractivity contribution in [1.82, 2.24) is 24.6 Å². The van der Waals surface area contributed by atoms with E-state index in [2.05, 4.69) is 41.2 Å². The Balaban J connectivity index is 1.44. The molecule has 22 heavy (non-hydrogen) atoms. The van der Waals surface area contributed by atoms with Crippen LogP contribution in [0.25, 0.3) is 0 Å². The standard InChI is InChI=1S/C17H23N5/c1-12(2)22-10-13(7-19-22)9-21-6-5-16-15(11-21)8-18-17(20-16)14-3-4-14/h7-8,10,12,14H,3-6,9,11H2,1-2H3. The molecule has 2 aliphatic rings. The average Bonchev–Trinajstić information content (AvgIpc) is 3.26. The minimum Gasteiger partial charge on any atom is -0.294 e. The molecule has 0 radical (unpaired) electrons. The highest BCUT2D eigenvalue weighted by atomic mass is 15.3. The van der Waals surface area contributed by atoms with Gasteiger partial charge in [0.15, 0.2) is 0 Å². The van der Waals surface area contributed by atoms with Crippen LogP contribution in [0.4, 0.5) is 0 Å². The molecule has 1 saturated carbocycles. The van der Waals surface area contributed by atoms with Crippen LogP contribution in [0.3, 0.4) is 0 Å². The van der Waals surface area contributed by atoms with Crippen LogP contribution < -0.4 is 0 Å². The summed E-state index contributed by atoms with van der Waals surface area (Å²) in [5.41, 5.74) is 3.85. The second kappa shape index (κ2) is 5.47. The predicted molar refractivity (Wildman–Crippen MR) is 84.4 cm³/mol. The molecule has 1 fully saturated rings. The van der Waals surface area contributed by atoms with Crippen molar-refractivity contribution >= 4 is 0 Å². The molecule has 0 spiro atoms. The zero-order valence-electron chi connectivity index (χ0n) is 13.4. The highest BCUT2D eigenvalue weighted by Crippen LogP contribution is 2.38. The van der Waals surface area contributed by atoms with Gasteiger partial charge in [0.25, 0.3) is 0 Å². The third kappa shape index (κ3) is 2.77. The quantitative estimate of drug-likeness (QED) is 0.870. The van der Waals surface area contributed by atoms with E-state index < -0.39 is 0 Å². The number of aromatic nitrogens is 4. The fraction of sp³-hybridized carbons (Fsp3) is 0.588. The fourth-order valence-electron chi connectivity index (χ4n) is 3.06. The second-order valence-electron chi connectivity index (χ2n) is 6.86. The molecule has 2 aromatic heterocycles. The maximum atomic E-state index is 4.79. The molecular formula is C17H23N5. The van der Waals surface area contributed by atoms with Crippen LogP contribution in [-0.2, 0) is 19.5 Å². The van der Waals surface area contributed by atoms with Gasteiger partial charge in [-0.3, -0.25) is 9.58 Å². The van der Waals surface area contributed by atoms with Crippen molar-refractivity contribution in [2.45, 2.75) is 58.2 Å². The largest absolute Gasteiger partial charge is 0.294 e. The van der Waals surface area contributed by atoms with Crippen LogP contribution in [0.2, 0.25) is 0 Å². The van der Waals surface area contributed by atoms with E-state index in [1.807, 2.05) is 10.9 Å². The first-order chi connectivity index (χ1) is 10.7. The van der Waals surface area contributed by atoms with Gasteiger partial charge < -0.3 is 0 Å². The van der Waals surface area contributed by atoms with Crippen LogP contribution in [0.5, 0.6) is 0 Å². The molecule has 3 heterocycles. The van der Waals surface area contributed by atoms with Gasteiger partial charge >= 0.3 is 0 Å². The molecule has 5 heteroatoms. The summed E-state index contributed by atoms with van der Waals surface area (Å²) in [4.78, 5) is 11.8. The first-order valence-electron chi connectivity index (χ1n) is 8.29. The molecule has 1 aliphatic heterocycles. The van der Waals surface area contributed by atoms with E-state index in [1.54, 1.807) is 0 Å². The van der Waals surface area contributed by atoms with Gasteiger partial charge in [0.05, 0.1) is 6.20 Å². The first kappa shape index (κ1) is 13.9. The van der Waals surface area contributed by atoms with Gasteiger partial charge in [-0.2, -0.15) is 5.10 Å². The molecule has 0 aromatic carbocycles. The third-order valence-corrected chi connectivity index (χ3v) is 4.56. The number of nitrogens with zero attached hydrogens (tertiary/aromatic N) is 5. The van der Waals surface area contributed by atoms with Crippen LogP contribution in [0.15, 0.2) is 18.6 Å². The summed E-state index contributed by atoms with van der Waals surface area (Å²) in [5.74, 6) is 1.72. The van der Waals surface area contributed by atoms with E-state index in [0.717, 1.165) is 31.9 Å². The average molecular weight is 297 g/mol. The van der Waals surface area contributed by atoms with E-state index in [1.165, 1.54) is 29.7 Å². The zero-order valence-corrected chi connectivity index (χ0v) is 13.4. The minimum absolute atomic E-state index is 0.421. The maximum Gasteiger partial charge on any atom is 0.131 e. The Morgan fingerprint density at radius 2 is 2.14 bits per heavy atom. The predicted octanol–water partition coefficient (Wildman–Crippen LogP) is 2.69. The molecule has 0 saturated heterocycles. The van der Waals surface area contributed by atoms with Crippen molar-refractivity contribution in [3.63, 3.8) is 0 Å². The number of hydrogen-bond acceptors (Lipinski definition) is 4. The molecular weight excluding hydrogens is 274 g/mol. The summed E-state index contributed by atoms with van der Waals surface area (Å²) >= 11 is 0. The zero-order chi connectivity index (χ0) is 15.1. The maximum absolute atomic E-state index is 4.79. The molecule has 0 atom stereocenters. The molecule has 4 rings (SSSR count). The highest BCUT2D eigenvalue weighted by Gasteiger charge is 2.28. The monoisotopic (exact) mass is 297 g/mol. The molecule has 116 valence electrons. The van der Waals surface area contributed by atoms with Gasteiger partial charge in [-0.15, -0.1) is 0 Å². The molecule has 2 aromatic rings. The lowest BCUT2D eigenvalue weighted by Crippen LogP contribution is -2.31.